The van der Waals surface area contributed by atoms with Crippen molar-refractivity contribution >= 4 is 5.97 Å². The van der Waals surface area contributed by atoms with Gasteiger partial charge in [-0.3, -0.25) is 4.79 Å². The van der Waals surface area contributed by atoms with Gasteiger partial charge in [0.05, 0.1) is 14.2 Å². The van der Waals surface area contributed by atoms with E-state index in [0.717, 1.165) is 11.3 Å². The molecule has 1 aromatic carbocycles. The van der Waals surface area contributed by atoms with Crippen molar-refractivity contribution in [3.8, 4) is 5.75 Å². The molecule has 0 aliphatic rings. The normalized spacial score (nSPS) is 11.9. The summed E-state index contributed by atoms with van der Waals surface area (Å²) in [6.45, 7) is 2.58. The summed E-state index contributed by atoms with van der Waals surface area (Å²) in [7, 11) is 3.04. The van der Waals surface area contributed by atoms with Gasteiger partial charge >= 0.3 is 5.97 Å². The van der Waals surface area contributed by atoms with Crippen molar-refractivity contribution in [1.82, 2.24) is 5.32 Å². The largest absolute Gasteiger partial charge is 0.497 e. The highest BCUT2D eigenvalue weighted by Crippen LogP contribution is 2.11. The van der Waals surface area contributed by atoms with Gasteiger partial charge in [0.25, 0.3) is 0 Å². The second kappa shape index (κ2) is 6.91. The third kappa shape index (κ3) is 4.07. The van der Waals surface area contributed by atoms with Gasteiger partial charge in [-0.1, -0.05) is 19.1 Å². The van der Waals surface area contributed by atoms with Crippen molar-refractivity contribution in [2.45, 2.75) is 25.9 Å². The second-order valence-corrected chi connectivity index (χ2v) is 3.71. The summed E-state index contributed by atoms with van der Waals surface area (Å²) in [5.41, 5.74) is 1.10. The zero-order valence-corrected chi connectivity index (χ0v) is 10.5. The Morgan fingerprint density at radius 2 is 1.94 bits per heavy atom. The molecule has 0 amide bonds. The molecule has 0 aromatic heterocycles. The van der Waals surface area contributed by atoms with E-state index >= 15 is 0 Å². The Balaban J connectivity index is 2.50. The van der Waals surface area contributed by atoms with Gasteiger partial charge in [0.1, 0.15) is 11.8 Å². The van der Waals surface area contributed by atoms with Crippen LogP contribution in [0.2, 0.25) is 0 Å². The maximum atomic E-state index is 11.4. The monoisotopic (exact) mass is 237 g/mol. The first-order valence-corrected chi connectivity index (χ1v) is 5.65. The highest BCUT2D eigenvalue weighted by molar-refractivity contribution is 5.75. The number of methoxy groups -OCH3 is 2. The molecule has 0 saturated heterocycles. The second-order valence-electron chi connectivity index (χ2n) is 3.71. The van der Waals surface area contributed by atoms with Crippen LogP contribution in [0.1, 0.15) is 18.9 Å². The Labute approximate surface area is 102 Å². The maximum Gasteiger partial charge on any atom is 0.322 e. The fraction of sp³-hybridized carbons (Fsp3) is 0.462. The molecule has 0 radical (unpaired) electrons. The maximum absolute atomic E-state index is 11.4. The molecule has 0 bridgehead atoms. The van der Waals surface area contributed by atoms with Crippen LogP contribution in [0.15, 0.2) is 24.3 Å². The first kappa shape index (κ1) is 13.5. The van der Waals surface area contributed by atoms with E-state index in [4.69, 9.17) is 9.47 Å². The first-order valence-electron chi connectivity index (χ1n) is 5.65. The van der Waals surface area contributed by atoms with Crippen LogP contribution in [-0.2, 0) is 16.1 Å². The van der Waals surface area contributed by atoms with E-state index in [-0.39, 0.29) is 12.0 Å². The van der Waals surface area contributed by atoms with Crippen LogP contribution in [0.4, 0.5) is 0 Å². The molecule has 0 heterocycles. The van der Waals surface area contributed by atoms with Gasteiger partial charge in [0.2, 0.25) is 0 Å². The van der Waals surface area contributed by atoms with Gasteiger partial charge in [-0.05, 0) is 24.1 Å². The van der Waals surface area contributed by atoms with Crippen molar-refractivity contribution in [3.63, 3.8) is 0 Å². The topological polar surface area (TPSA) is 47.6 Å². The highest BCUT2D eigenvalue weighted by atomic mass is 16.5. The number of ether oxygens (including phenoxy) is 2. The van der Waals surface area contributed by atoms with Crippen LogP contribution in [0.5, 0.6) is 5.75 Å². The summed E-state index contributed by atoms with van der Waals surface area (Å²) in [5.74, 6) is 0.606. The Kier molecular flexibility index (Phi) is 5.49. The predicted octanol–water partition coefficient (Wildman–Crippen LogP) is 1.74. The third-order valence-electron chi connectivity index (χ3n) is 2.61. The van der Waals surface area contributed by atoms with Gasteiger partial charge in [-0.15, -0.1) is 0 Å². The molecular weight excluding hydrogens is 218 g/mol. The molecule has 0 saturated carbocycles. The molecule has 1 aromatic rings. The highest BCUT2D eigenvalue weighted by Gasteiger charge is 2.15. The number of benzene rings is 1. The molecular formula is C13H19NO3. The summed E-state index contributed by atoms with van der Waals surface area (Å²) in [5, 5.41) is 3.16. The van der Waals surface area contributed by atoms with E-state index in [9.17, 15) is 4.79 Å². The van der Waals surface area contributed by atoms with E-state index in [1.54, 1.807) is 7.11 Å². The Morgan fingerprint density at radius 1 is 1.29 bits per heavy atom. The molecule has 1 rings (SSSR count). The van der Waals surface area contributed by atoms with Gasteiger partial charge in [-0.2, -0.15) is 0 Å². The molecule has 0 unspecified atom stereocenters. The van der Waals surface area contributed by atoms with E-state index in [0.29, 0.717) is 13.0 Å². The van der Waals surface area contributed by atoms with E-state index in [1.165, 1.54) is 7.11 Å². The smallest absolute Gasteiger partial charge is 0.322 e. The molecule has 0 spiro atoms. The van der Waals surface area contributed by atoms with Crippen LogP contribution in [0.25, 0.3) is 0 Å². The number of carbonyl (C=O) groups is 1. The number of nitrogens with one attached hydrogen (secondary N) is 1. The summed E-state index contributed by atoms with van der Waals surface area (Å²) < 4.78 is 9.78. The molecule has 1 N–H and O–H groups in total. The summed E-state index contributed by atoms with van der Waals surface area (Å²) in [4.78, 5) is 11.4. The third-order valence-corrected chi connectivity index (χ3v) is 2.61. The molecule has 17 heavy (non-hydrogen) atoms. The quantitative estimate of drug-likeness (QED) is 0.765. The number of rotatable bonds is 6. The van der Waals surface area contributed by atoms with Gasteiger partial charge in [-0.25, -0.2) is 0 Å². The van der Waals surface area contributed by atoms with Gasteiger partial charge in [0, 0.05) is 6.54 Å². The van der Waals surface area contributed by atoms with Crippen LogP contribution >= 0.6 is 0 Å². The van der Waals surface area contributed by atoms with Crippen LogP contribution in [0, 0.1) is 0 Å². The van der Waals surface area contributed by atoms with Crippen molar-refractivity contribution < 1.29 is 14.3 Å². The van der Waals surface area contributed by atoms with E-state index in [1.807, 2.05) is 31.2 Å². The zero-order valence-electron chi connectivity index (χ0n) is 10.5. The fourth-order valence-electron chi connectivity index (χ4n) is 1.52. The Hall–Kier alpha value is -1.55. The summed E-state index contributed by atoms with van der Waals surface area (Å²) >= 11 is 0. The lowest BCUT2D eigenvalue weighted by atomic mass is 10.2. The van der Waals surface area contributed by atoms with Gasteiger partial charge < -0.3 is 14.8 Å². The van der Waals surface area contributed by atoms with E-state index in [2.05, 4.69) is 5.32 Å². The average Bonchev–Trinajstić information content (AvgIpc) is 2.39. The minimum Gasteiger partial charge on any atom is -0.497 e. The Bertz CT molecular complexity index is 348. The van der Waals surface area contributed by atoms with Crippen LogP contribution in [-0.4, -0.2) is 26.2 Å². The van der Waals surface area contributed by atoms with Crippen molar-refractivity contribution in [1.29, 1.82) is 0 Å². The molecule has 4 nitrogen and oxygen atoms in total. The van der Waals surface area contributed by atoms with Crippen LogP contribution in [0.3, 0.4) is 0 Å². The minimum atomic E-state index is -0.248. The SMILES string of the molecule is CC[C@@H](NCc1ccc(OC)cc1)C(=O)OC. The van der Waals surface area contributed by atoms with Crippen molar-refractivity contribution in [2.75, 3.05) is 14.2 Å². The average molecular weight is 237 g/mol. The molecule has 4 heteroatoms. The molecule has 0 aliphatic heterocycles. The minimum absolute atomic E-state index is 0.221. The molecule has 0 aliphatic carbocycles. The van der Waals surface area contributed by atoms with Gasteiger partial charge in [0.15, 0.2) is 0 Å². The predicted molar refractivity (Wildman–Crippen MR) is 65.9 cm³/mol. The number of esters is 1. The van der Waals surface area contributed by atoms with Crippen LogP contribution < -0.4 is 10.1 Å². The van der Waals surface area contributed by atoms with E-state index < -0.39 is 0 Å². The summed E-state index contributed by atoms with van der Waals surface area (Å²) in [6.07, 6.45) is 0.711. The standard InChI is InChI=1S/C13H19NO3/c1-4-12(13(15)17-3)14-9-10-5-7-11(16-2)8-6-10/h5-8,12,14H,4,9H2,1-3H3/t12-/m1/s1. The number of hydrogen-bond donors (Lipinski definition) is 1. The zero-order chi connectivity index (χ0) is 12.7. The lowest BCUT2D eigenvalue weighted by molar-refractivity contribution is -0.143. The summed E-state index contributed by atoms with van der Waals surface area (Å²) in [6, 6.07) is 7.49. The molecule has 94 valence electrons. The van der Waals surface area contributed by atoms with Crippen molar-refractivity contribution in [3.05, 3.63) is 29.8 Å². The number of carbonyl (C=O) groups excluding carboxylic acids is 1. The lowest BCUT2D eigenvalue weighted by Crippen LogP contribution is -2.36. The number of hydrogen-bond acceptors (Lipinski definition) is 4. The first-order chi connectivity index (χ1) is 8.21. The van der Waals surface area contributed by atoms with Crippen molar-refractivity contribution in [2.24, 2.45) is 0 Å². The molecule has 0 fully saturated rings. The fourth-order valence-corrected chi connectivity index (χ4v) is 1.52. The molecule has 1 atom stereocenters. The Morgan fingerprint density at radius 3 is 2.41 bits per heavy atom. The lowest BCUT2D eigenvalue weighted by Gasteiger charge is -2.14.